The minimum Gasteiger partial charge on any atom is -0.354 e. The molecule has 1 saturated heterocycles. The fourth-order valence-corrected chi connectivity index (χ4v) is 3.87. The molecule has 150 valence electrons. The zero-order valence-electron chi connectivity index (χ0n) is 15.0. The number of imide groups is 1. The maximum Gasteiger partial charge on any atom is 0.293 e. The van der Waals surface area contributed by atoms with Gasteiger partial charge < -0.3 is 5.32 Å². The summed E-state index contributed by atoms with van der Waals surface area (Å²) in [7, 11) is 0. The molecule has 0 saturated carbocycles. The second-order valence-electron chi connectivity index (χ2n) is 6.09. The van der Waals surface area contributed by atoms with Crippen LogP contribution in [0.1, 0.15) is 11.1 Å². The van der Waals surface area contributed by atoms with E-state index in [1.165, 1.54) is 18.2 Å². The highest BCUT2D eigenvalue weighted by molar-refractivity contribution is 8.18. The van der Waals surface area contributed by atoms with Gasteiger partial charge in [-0.2, -0.15) is 0 Å². The molecule has 0 radical (unpaired) electrons. The largest absolute Gasteiger partial charge is 0.354 e. The number of benzene rings is 2. The third kappa shape index (κ3) is 5.18. The monoisotopic (exact) mass is 452 g/mol. The van der Waals surface area contributed by atoms with Gasteiger partial charge in [-0.1, -0.05) is 53.5 Å². The van der Waals surface area contributed by atoms with Crippen LogP contribution in [0.2, 0.25) is 10.0 Å². The molecule has 0 atom stereocenters. The van der Waals surface area contributed by atoms with E-state index in [1.54, 1.807) is 30.3 Å². The number of carbonyl (C=O) groups is 3. The van der Waals surface area contributed by atoms with Crippen LogP contribution >= 0.6 is 35.0 Å². The summed E-state index contributed by atoms with van der Waals surface area (Å²) in [5.41, 5.74) is 0.806. The second-order valence-corrected chi connectivity index (χ2v) is 7.87. The third-order valence-electron chi connectivity index (χ3n) is 4.11. The molecule has 29 heavy (non-hydrogen) atoms. The van der Waals surface area contributed by atoms with Crippen molar-refractivity contribution < 1.29 is 18.8 Å². The number of thioether (sulfide) groups is 1. The van der Waals surface area contributed by atoms with Gasteiger partial charge in [-0.25, -0.2) is 4.39 Å². The number of amides is 3. The van der Waals surface area contributed by atoms with Crippen LogP contribution in [0.5, 0.6) is 0 Å². The molecule has 0 aromatic heterocycles. The first-order valence-corrected chi connectivity index (χ1v) is 10.1. The Kier molecular flexibility index (Phi) is 6.95. The molecule has 5 nitrogen and oxygen atoms in total. The first kappa shape index (κ1) is 21.4. The fourth-order valence-electron chi connectivity index (χ4n) is 2.65. The zero-order chi connectivity index (χ0) is 21.0. The Morgan fingerprint density at radius 3 is 2.66 bits per heavy atom. The molecular formula is C20H15Cl2FN2O3S. The molecule has 0 spiro atoms. The van der Waals surface area contributed by atoms with E-state index in [4.69, 9.17) is 23.2 Å². The van der Waals surface area contributed by atoms with Crippen LogP contribution < -0.4 is 5.32 Å². The number of nitrogens with one attached hydrogen (secondary N) is 1. The molecule has 0 unspecified atom stereocenters. The highest BCUT2D eigenvalue weighted by Crippen LogP contribution is 2.34. The van der Waals surface area contributed by atoms with E-state index in [9.17, 15) is 18.8 Å². The highest BCUT2D eigenvalue weighted by Gasteiger charge is 2.34. The van der Waals surface area contributed by atoms with Gasteiger partial charge >= 0.3 is 0 Å². The van der Waals surface area contributed by atoms with Crippen molar-refractivity contribution in [2.45, 2.75) is 6.42 Å². The van der Waals surface area contributed by atoms with Crippen LogP contribution in [0.25, 0.3) is 6.08 Å². The van der Waals surface area contributed by atoms with Gasteiger partial charge in [-0.15, -0.1) is 0 Å². The summed E-state index contributed by atoms with van der Waals surface area (Å²) in [6.07, 6.45) is 1.39. The number of hydrogen-bond acceptors (Lipinski definition) is 4. The lowest BCUT2D eigenvalue weighted by Crippen LogP contribution is -2.37. The van der Waals surface area contributed by atoms with Gasteiger partial charge in [0.1, 0.15) is 5.82 Å². The predicted octanol–water partition coefficient (Wildman–Crippen LogP) is 4.53. The Morgan fingerprint density at radius 1 is 1.14 bits per heavy atom. The van der Waals surface area contributed by atoms with E-state index in [0.29, 0.717) is 15.6 Å². The van der Waals surface area contributed by atoms with Crippen LogP contribution in [0.3, 0.4) is 0 Å². The summed E-state index contributed by atoms with van der Waals surface area (Å²) >= 11 is 12.9. The summed E-state index contributed by atoms with van der Waals surface area (Å²) in [5, 5.41) is 2.78. The first-order valence-electron chi connectivity index (χ1n) is 8.56. The van der Waals surface area contributed by atoms with Gasteiger partial charge in [-0.3, -0.25) is 19.3 Å². The van der Waals surface area contributed by atoms with Crippen LogP contribution in [-0.2, 0) is 16.0 Å². The van der Waals surface area contributed by atoms with E-state index >= 15 is 0 Å². The number of rotatable bonds is 6. The van der Waals surface area contributed by atoms with E-state index < -0.39 is 22.9 Å². The Labute approximate surface area is 180 Å². The lowest BCUT2D eigenvalue weighted by molar-refractivity contribution is -0.124. The standard InChI is InChI=1S/C20H15Cl2FN2O3S/c21-14-6-3-5-13(18(14)22)10-16-19(27)25(20(28)29-16)9-8-24-17(26)11-12-4-1-2-7-15(12)23/h1-7,10H,8-9,11H2,(H,24,26)/b16-10-. The fraction of sp³-hybridized carbons (Fsp3) is 0.150. The van der Waals surface area contributed by atoms with E-state index in [1.807, 2.05) is 0 Å². The van der Waals surface area contributed by atoms with Crippen molar-refractivity contribution in [1.29, 1.82) is 0 Å². The summed E-state index contributed by atoms with van der Waals surface area (Å²) in [6.45, 7) is 0.0742. The van der Waals surface area contributed by atoms with Crippen molar-refractivity contribution in [2.24, 2.45) is 0 Å². The molecule has 1 aliphatic heterocycles. The third-order valence-corrected chi connectivity index (χ3v) is 5.85. The molecule has 9 heteroatoms. The van der Waals surface area contributed by atoms with Crippen molar-refractivity contribution in [1.82, 2.24) is 10.2 Å². The predicted molar refractivity (Wildman–Crippen MR) is 112 cm³/mol. The summed E-state index contributed by atoms with van der Waals surface area (Å²) in [5.74, 6) is -1.33. The van der Waals surface area contributed by atoms with Crippen molar-refractivity contribution in [2.75, 3.05) is 13.1 Å². The van der Waals surface area contributed by atoms with Crippen molar-refractivity contribution >= 4 is 58.1 Å². The normalized spacial score (nSPS) is 15.3. The molecule has 0 bridgehead atoms. The van der Waals surface area contributed by atoms with Crippen LogP contribution in [0.4, 0.5) is 9.18 Å². The molecule has 1 aliphatic rings. The van der Waals surface area contributed by atoms with Gasteiger partial charge in [0.2, 0.25) is 5.91 Å². The lowest BCUT2D eigenvalue weighted by atomic mass is 10.1. The smallest absolute Gasteiger partial charge is 0.293 e. The van der Waals surface area contributed by atoms with E-state index in [-0.39, 0.29) is 30.0 Å². The number of hydrogen-bond donors (Lipinski definition) is 1. The summed E-state index contributed by atoms with van der Waals surface area (Å²) in [6, 6.07) is 11.0. The van der Waals surface area contributed by atoms with E-state index in [2.05, 4.69) is 5.32 Å². The van der Waals surface area contributed by atoms with Gasteiger partial charge in [0, 0.05) is 13.1 Å². The molecule has 1 fully saturated rings. The van der Waals surface area contributed by atoms with Gasteiger partial charge in [0.15, 0.2) is 0 Å². The molecule has 3 amide bonds. The minimum absolute atomic E-state index is 0.00823. The quantitative estimate of drug-likeness (QED) is 0.653. The Morgan fingerprint density at radius 2 is 1.90 bits per heavy atom. The summed E-state index contributed by atoms with van der Waals surface area (Å²) < 4.78 is 13.6. The first-order chi connectivity index (χ1) is 13.9. The van der Waals surface area contributed by atoms with Crippen molar-refractivity contribution in [3.63, 3.8) is 0 Å². The molecule has 3 rings (SSSR count). The molecule has 1 N–H and O–H groups in total. The zero-order valence-corrected chi connectivity index (χ0v) is 17.3. The molecule has 2 aromatic rings. The van der Waals surface area contributed by atoms with Crippen LogP contribution in [-0.4, -0.2) is 35.0 Å². The van der Waals surface area contributed by atoms with Crippen molar-refractivity contribution in [3.8, 4) is 0 Å². The molecule has 2 aromatic carbocycles. The van der Waals surface area contributed by atoms with Crippen LogP contribution in [0, 0.1) is 5.82 Å². The molecular weight excluding hydrogens is 438 g/mol. The molecule has 0 aliphatic carbocycles. The van der Waals surface area contributed by atoms with E-state index in [0.717, 1.165) is 16.7 Å². The highest BCUT2D eigenvalue weighted by atomic mass is 35.5. The van der Waals surface area contributed by atoms with Crippen LogP contribution in [0.15, 0.2) is 47.4 Å². The van der Waals surface area contributed by atoms with Gasteiger partial charge in [-0.05, 0) is 41.1 Å². The number of halogens is 3. The Bertz CT molecular complexity index is 1010. The lowest BCUT2D eigenvalue weighted by Gasteiger charge is -2.13. The van der Waals surface area contributed by atoms with Gasteiger partial charge in [0.05, 0.1) is 21.4 Å². The maximum absolute atomic E-state index is 13.6. The SMILES string of the molecule is O=C(Cc1ccccc1F)NCCN1C(=O)S/C(=C\c2cccc(Cl)c2Cl)C1=O. The number of carbonyl (C=O) groups excluding carboxylic acids is 3. The average molecular weight is 453 g/mol. The summed E-state index contributed by atoms with van der Waals surface area (Å²) in [4.78, 5) is 37.9. The molecule has 1 heterocycles. The Hall–Kier alpha value is -2.35. The maximum atomic E-state index is 13.6. The number of nitrogens with zero attached hydrogens (tertiary/aromatic N) is 1. The average Bonchev–Trinajstić information content (AvgIpc) is 2.94. The Balaban J connectivity index is 1.58. The second kappa shape index (κ2) is 9.43. The minimum atomic E-state index is -0.473. The van der Waals surface area contributed by atoms with Gasteiger partial charge in [0.25, 0.3) is 11.1 Å². The van der Waals surface area contributed by atoms with Crippen molar-refractivity contribution in [3.05, 3.63) is 74.4 Å². The topological polar surface area (TPSA) is 66.5 Å².